The fourth-order valence-electron chi connectivity index (χ4n) is 2.63. The van der Waals surface area contributed by atoms with Crippen molar-refractivity contribution in [1.82, 2.24) is 10.2 Å². The molecule has 1 aromatic carbocycles. The minimum atomic E-state index is -0.330. The summed E-state index contributed by atoms with van der Waals surface area (Å²) in [6.07, 6.45) is 0.245. The fraction of sp³-hybridized carbons (Fsp3) is 0.529. The van der Waals surface area contributed by atoms with Gasteiger partial charge in [-0.1, -0.05) is 44.2 Å². The van der Waals surface area contributed by atoms with Crippen molar-refractivity contribution in [2.24, 2.45) is 11.8 Å². The Hall–Kier alpha value is -1.88. The van der Waals surface area contributed by atoms with Crippen molar-refractivity contribution >= 4 is 11.8 Å². The molecule has 0 aromatic heterocycles. The number of nitrogens with zero attached hydrogens (tertiary/aromatic N) is 1. The van der Waals surface area contributed by atoms with Crippen LogP contribution in [0.4, 0.5) is 0 Å². The maximum absolute atomic E-state index is 12.3. The van der Waals surface area contributed by atoms with Gasteiger partial charge in [-0.3, -0.25) is 9.59 Å². The minimum Gasteiger partial charge on any atom is -0.394 e. The van der Waals surface area contributed by atoms with Crippen LogP contribution in [0.15, 0.2) is 30.3 Å². The highest BCUT2D eigenvalue weighted by atomic mass is 16.3. The molecule has 1 aliphatic heterocycles. The highest BCUT2D eigenvalue weighted by Gasteiger charge is 2.35. The van der Waals surface area contributed by atoms with E-state index in [4.69, 9.17) is 0 Å². The zero-order valence-electron chi connectivity index (χ0n) is 13.2. The predicted octanol–water partition coefficient (Wildman–Crippen LogP) is 1.17. The lowest BCUT2D eigenvalue weighted by Crippen LogP contribution is -2.44. The van der Waals surface area contributed by atoms with Gasteiger partial charge in [0.25, 0.3) is 0 Å². The molecule has 2 N–H and O–H groups in total. The number of aliphatic hydroxyl groups is 1. The first kappa shape index (κ1) is 16.5. The van der Waals surface area contributed by atoms with Crippen LogP contribution < -0.4 is 5.32 Å². The number of rotatable bonds is 6. The molecule has 0 bridgehead atoms. The monoisotopic (exact) mass is 304 g/mol. The second kappa shape index (κ2) is 7.40. The molecule has 5 heteroatoms. The summed E-state index contributed by atoms with van der Waals surface area (Å²) in [5.41, 5.74) is 1.06. The highest BCUT2D eigenvalue weighted by molar-refractivity contribution is 5.89. The Labute approximate surface area is 131 Å². The SMILES string of the molecule is CC(C)[C@@H](CO)NC(=O)C1CC(=O)N(Cc2ccccc2)C1. The van der Waals surface area contributed by atoms with E-state index in [1.165, 1.54) is 0 Å². The number of hydrogen-bond acceptors (Lipinski definition) is 3. The van der Waals surface area contributed by atoms with Crippen LogP contribution in [-0.2, 0) is 16.1 Å². The number of benzene rings is 1. The van der Waals surface area contributed by atoms with E-state index < -0.39 is 0 Å². The zero-order chi connectivity index (χ0) is 16.1. The molecule has 22 heavy (non-hydrogen) atoms. The first-order valence-corrected chi connectivity index (χ1v) is 7.74. The lowest BCUT2D eigenvalue weighted by molar-refractivity contribution is -0.129. The van der Waals surface area contributed by atoms with Crippen LogP contribution in [0.2, 0.25) is 0 Å². The second-order valence-corrected chi connectivity index (χ2v) is 6.20. The van der Waals surface area contributed by atoms with Gasteiger partial charge in [0, 0.05) is 19.5 Å². The van der Waals surface area contributed by atoms with Gasteiger partial charge in [-0.2, -0.15) is 0 Å². The molecule has 1 aliphatic rings. The Bertz CT molecular complexity index is 516. The number of carbonyl (C=O) groups is 2. The summed E-state index contributed by atoms with van der Waals surface area (Å²) in [5, 5.41) is 12.1. The normalized spacial score (nSPS) is 19.5. The van der Waals surface area contributed by atoms with E-state index >= 15 is 0 Å². The molecule has 1 aromatic rings. The molecule has 0 radical (unpaired) electrons. The molecule has 0 spiro atoms. The van der Waals surface area contributed by atoms with Gasteiger partial charge < -0.3 is 15.3 Å². The summed E-state index contributed by atoms with van der Waals surface area (Å²) in [6.45, 7) is 4.79. The lowest BCUT2D eigenvalue weighted by Gasteiger charge is -2.22. The molecule has 0 aliphatic carbocycles. The van der Waals surface area contributed by atoms with Gasteiger partial charge >= 0.3 is 0 Å². The number of amides is 2. The zero-order valence-corrected chi connectivity index (χ0v) is 13.2. The van der Waals surface area contributed by atoms with Crippen molar-refractivity contribution in [1.29, 1.82) is 0 Å². The third-order valence-corrected chi connectivity index (χ3v) is 4.13. The maximum Gasteiger partial charge on any atom is 0.225 e. The summed E-state index contributed by atoms with van der Waals surface area (Å²) >= 11 is 0. The number of nitrogens with one attached hydrogen (secondary N) is 1. The van der Waals surface area contributed by atoms with Crippen LogP contribution in [0.1, 0.15) is 25.8 Å². The van der Waals surface area contributed by atoms with Gasteiger partial charge in [-0.25, -0.2) is 0 Å². The number of carbonyl (C=O) groups excluding carboxylic acids is 2. The van der Waals surface area contributed by atoms with E-state index in [1.54, 1.807) is 4.90 Å². The van der Waals surface area contributed by atoms with E-state index in [-0.39, 0.29) is 42.7 Å². The molecule has 2 rings (SSSR count). The van der Waals surface area contributed by atoms with Crippen LogP contribution in [0.25, 0.3) is 0 Å². The van der Waals surface area contributed by atoms with E-state index in [0.29, 0.717) is 13.1 Å². The Kier molecular flexibility index (Phi) is 5.55. The number of likely N-dealkylation sites (tertiary alicyclic amines) is 1. The van der Waals surface area contributed by atoms with Gasteiger partial charge in [-0.05, 0) is 11.5 Å². The summed E-state index contributed by atoms with van der Waals surface area (Å²) in [6, 6.07) is 9.50. The maximum atomic E-state index is 12.3. The Morgan fingerprint density at radius 2 is 2.05 bits per heavy atom. The molecule has 2 atom stereocenters. The van der Waals surface area contributed by atoms with Gasteiger partial charge in [0.1, 0.15) is 0 Å². The summed E-state index contributed by atoms with van der Waals surface area (Å²) in [5.74, 6) is -0.304. The van der Waals surface area contributed by atoms with Crippen molar-refractivity contribution in [3.05, 3.63) is 35.9 Å². The summed E-state index contributed by atoms with van der Waals surface area (Å²) in [7, 11) is 0. The smallest absolute Gasteiger partial charge is 0.225 e. The quantitative estimate of drug-likeness (QED) is 0.829. The highest BCUT2D eigenvalue weighted by Crippen LogP contribution is 2.20. The number of aliphatic hydroxyl groups excluding tert-OH is 1. The molecule has 120 valence electrons. The first-order chi connectivity index (χ1) is 10.5. The van der Waals surface area contributed by atoms with Crippen LogP contribution in [0.3, 0.4) is 0 Å². The molecule has 1 unspecified atom stereocenters. The largest absolute Gasteiger partial charge is 0.394 e. The van der Waals surface area contributed by atoms with E-state index in [1.807, 2.05) is 44.2 Å². The van der Waals surface area contributed by atoms with E-state index in [9.17, 15) is 14.7 Å². The Morgan fingerprint density at radius 3 is 2.64 bits per heavy atom. The third kappa shape index (κ3) is 4.07. The van der Waals surface area contributed by atoms with Crippen LogP contribution >= 0.6 is 0 Å². The van der Waals surface area contributed by atoms with Crippen molar-refractivity contribution in [3.8, 4) is 0 Å². The average molecular weight is 304 g/mol. The summed E-state index contributed by atoms with van der Waals surface area (Å²) < 4.78 is 0. The third-order valence-electron chi connectivity index (χ3n) is 4.13. The fourth-order valence-corrected chi connectivity index (χ4v) is 2.63. The molecule has 5 nitrogen and oxygen atoms in total. The lowest BCUT2D eigenvalue weighted by atomic mass is 10.0. The molecular formula is C17H24N2O3. The molecular weight excluding hydrogens is 280 g/mol. The van der Waals surface area contributed by atoms with Crippen molar-refractivity contribution < 1.29 is 14.7 Å². The topological polar surface area (TPSA) is 69.6 Å². The van der Waals surface area contributed by atoms with Gasteiger partial charge in [0.2, 0.25) is 11.8 Å². The predicted molar refractivity (Wildman–Crippen MR) is 83.8 cm³/mol. The first-order valence-electron chi connectivity index (χ1n) is 7.74. The van der Waals surface area contributed by atoms with Crippen LogP contribution in [0, 0.1) is 11.8 Å². The Morgan fingerprint density at radius 1 is 1.36 bits per heavy atom. The van der Waals surface area contributed by atoms with E-state index in [2.05, 4.69) is 5.32 Å². The molecule has 1 heterocycles. The van der Waals surface area contributed by atoms with Gasteiger partial charge in [0.15, 0.2) is 0 Å². The second-order valence-electron chi connectivity index (χ2n) is 6.20. The number of hydrogen-bond donors (Lipinski definition) is 2. The van der Waals surface area contributed by atoms with Crippen molar-refractivity contribution in [3.63, 3.8) is 0 Å². The standard InChI is InChI=1S/C17H24N2O3/c1-12(2)15(11-20)18-17(22)14-8-16(21)19(10-14)9-13-6-4-3-5-7-13/h3-7,12,14-15,20H,8-11H2,1-2H3,(H,18,22)/t14?,15-/m1/s1. The minimum absolute atomic E-state index is 0.00842. The summed E-state index contributed by atoms with van der Waals surface area (Å²) in [4.78, 5) is 26.1. The Balaban J connectivity index is 1.92. The van der Waals surface area contributed by atoms with Gasteiger partial charge in [0.05, 0.1) is 18.6 Å². The average Bonchev–Trinajstić information content (AvgIpc) is 2.86. The van der Waals surface area contributed by atoms with Crippen molar-refractivity contribution in [2.75, 3.05) is 13.2 Å². The molecule has 1 saturated heterocycles. The van der Waals surface area contributed by atoms with Gasteiger partial charge in [-0.15, -0.1) is 0 Å². The van der Waals surface area contributed by atoms with Crippen LogP contribution in [-0.4, -0.2) is 41.0 Å². The van der Waals surface area contributed by atoms with E-state index in [0.717, 1.165) is 5.56 Å². The molecule has 1 fully saturated rings. The van der Waals surface area contributed by atoms with Crippen LogP contribution in [0.5, 0.6) is 0 Å². The molecule has 2 amide bonds. The molecule has 0 saturated carbocycles. The van der Waals surface area contributed by atoms with Crippen molar-refractivity contribution in [2.45, 2.75) is 32.9 Å².